The molecule has 38 heavy (non-hydrogen) atoms. The summed E-state index contributed by atoms with van der Waals surface area (Å²) in [6, 6.07) is 4.89. The molecule has 0 saturated heterocycles. The number of aromatic nitrogens is 1. The highest BCUT2D eigenvalue weighted by molar-refractivity contribution is 7.13. The zero-order valence-corrected chi connectivity index (χ0v) is 21.0. The minimum atomic E-state index is -3.39. The van der Waals surface area contributed by atoms with Crippen LogP contribution in [0.3, 0.4) is 0 Å². The lowest BCUT2D eigenvalue weighted by Gasteiger charge is -2.36. The first kappa shape index (κ1) is 28.9. The number of carbonyl (C=O) groups is 1. The summed E-state index contributed by atoms with van der Waals surface area (Å²) in [7, 11) is 1.17. The van der Waals surface area contributed by atoms with Crippen LogP contribution in [0.5, 0.6) is 23.0 Å². The number of nitrogen functional groups attached to an aromatic ring is 1. The summed E-state index contributed by atoms with van der Waals surface area (Å²) < 4.78 is 5.20. The average Bonchev–Trinajstić information content (AvgIpc) is 3.27. The lowest BCUT2D eigenvalue weighted by molar-refractivity contribution is -0.379. The SMILES string of the molecule is COC(CNC(O)(O)C(O)(O)c1ccc(NC(=O)Cc2csc(N)n2)cc1)c1c(C)c(O)c(O)c(O)c1O. The number of thiazole rings is 1. The van der Waals surface area contributed by atoms with E-state index in [1.54, 1.807) is 5.38 Å². The summed E-state index contributed by atoms with van der Waals surface area (Å²) in [5, 5.41) is 88.4. The van der Waals surface area contributed by atoms with Gasteiger partial charge in [-0.25, -0.2) is 4.98 Å². The summed E-state index contributed by atoms with van der Waals surface area (Å²) in [5.41, 5.74) is 5.66. The number of amides is 1. The molecule has 14 nitrogen and oxygen atoms in total. The molecule has 1 atom stereocenters. The Morgan fingerprint density at radius 1 is 1.05 bits per heavy atom. The van der Waals surface area contributed by atoms with Gasteiger partial charge in [-0.15, -0.1) is 11.3 Å². The first-order valence-corrected chi connectivity index (χ1v) is 11.8. The summed E-state index contributed by atoms with van der Waals surface area (Å²) in [4.78, 5) is 16.2. The van der Waals surface area contributed by atoms with Crippen molar-refractivity contribution in [2.24, 2.45) is 0 Å². The maximum atomic E-state index is 12.2. The highest BCUT2D eigenvalue weighted by Gasteiger charge is 2.49. The van der Waals surface area contributed by atoms with Crippen LogP contribution >= 0.6 is 11.3 Å². The van der Waals surface area contributed by atoms with E-state index < -0.39 is 53.3 Å². The van der Waals surface area contributed by atoms with Gasteiger partial charge in [0.25, 0.3) is 11.7 Å². The van der Waals surface area contributed by atoms with E-state index in [2.05, 4.69) is 15.6 Å². The summed E-state index contributed by atoms with van der Waals surface area (Å²) in [6.07, 6.45) is -1.31. The molecule has 1 heterocycles. The van der Waals surface area contributed by atoms with Gasteiger partial charge in [0.05, 0.1) is 18.2 Å². The normalized spacial score (nSPS) is 12.9. The number of phenolic OH excluding ortho intramolecular Hbond substituents is 4. The van der Waals surface area contributed by atoms with Crippen molar-refractivity contribution in [2.75, 3.05) is 24.7 Å². The van der Waals surface area contributed by atoms with E-state index in [0.29, 0.717) is 10.8 Å². The van der Waals surface area contributed by atoms with E-state index in [0.717, 1.165) is 12.1 Å². The van der Waals surface area contributed by atoms with Gasteiger partial charge in [0.1, 0.15) is 0 Å². The molecule has 15 heteroatoms. The van der Waals surface area contributed by atoms with Crippen LogP contribution in [-0.2, 0) is 21.7 Å². The average molecular weight is 553 g/mol. The van der Waals surface area contributed by atoms with Gasteiger partial charge < -0.3 is 56.6 Å². The van der Waals surface area contributed by atoms with Gasteiger partial charge in [0.15, 0.2) is 16.6 Å². The zero-order chi connectivity index (χ0) is 28.4. The number of benzene rings is 2. The Bertz CT molecular complexity index is 1280. The van der Waals surface area contributed by atoms with Crippen molar-refractivity contribution >= 4 is 28.1 Å². The Morgan fingerprint density at radius 3 is 2.21 bits per heavy atom. The van der Waals surface area contributed by atoms with Crippen LogP contribution in [0.4, 0.5) is 10.8 Å². The molecule has 1 amide bonds. The molecule has 0 aliphatic carbocycles. The molecule has 0 fully saturated rings. The number of phenols is 4. The number of rotatable bonds is 10. The molecule has 0 aliphatic rings. The lowest BCUT2D eigenvalue weighted by Crippen LogP contribution is -2.62. The van der Waals surface area contributed by atoms with E-state index in [1.165, 1.54) is 37.5 Å². The van der Waals surface area contributed by atoms with Gasteiger partial charge in [-0.2, -0.15) is 0 Å². The fourth-order valence-electron chi connectivity index (χ4n) is 3.65. The van der Waals surface area contributed by atoms with Crippen LogP contribution in [0.2, 0.25) is 0 Å². The third-order valence-electron chi connectivity index (χ3n) is 5.80. The van der Waals surface area contributed by atoms with E-state index in [-0.39, 0.29) is 28.8 Å². The number of nitrogens with zero attached hydrogens (tertiary/aromatic N) is 1. The molecule has 1 unspecified atom stereocenters. The number of anilines is 2. The third-order valence-corrected chi connectivity index (χ3v) is 6.52. The molecule has 1 aromatic heterocycles. The lowest BCUT2D eigenvalue weighted by atomic mass is 9.98. The molecule has 2 aromatic carbocycles. The second-order valence-electron chi connectivity index (χ2n) is 8.36. The van der Waals surface area contributed by atoms with Crippen LogP contribution < -0.4 is 16.4 Å². The Balaban J connectivity index is 1.72. The molecule has 3 rings (SSSR count). The van der Waals surface area contributed by atoms with Crippen molar-refractivity contribution < 1.29 is 50.4 Å². The van der Waals surface area contributed by atoms with Gasteiger partial charge in [0, 0.05) is 41.4 Å². The van der Waals surface area contributed by atoms with E-state index >= 15 is 0 Å². The topological polar surface area (TPSA) is 251 Å². The van der Waals surface area contributed by atoms with Gasteiger partial charge in [-0.05, 0) is 19.1 Å². The predicted molar refractivity (Wildman–Crippen MR) is 134 cm³/mol. The number of hydrogen-bond donors (Lipinski definition) is 11. The highest BCUT2D eigenvalue weighted by atomic mass is 32.1. The van der Waals surface area contributed by atoms with E-state index in [4.69, 9.17) is 10.5 Å². The molecule has 0 radical (unpaired) electrons. The quantitative estimate of drug-likeness (QED) is 0.0886. The standard InChI is InChI=1S/C23H28N4O10S/c1-10-16(18(30)20(32)19(31)17(10)29)14(37-2)8-25-23(35,36)22(33,34)11-3-5-12(6-4-11)26-15(28)7-13-9-38-21(24)27-13/h3-6,9,14,25,29-36H,7-8H2,1-2H3,(H2,24,27)(H,26,28). The second-order valence-corrected chi connectivity index (χ2v) is 9.25. The zero-order valence-electron chi connectivity index (χ0n) is 20.2. The second kappa shape index (κ2) is 11.0. The predicted octanol–water partition coefficient (Wildman–Crippen LogP) is -0.210. The fourth-order valence-corrected chi connectivity index (χ4v) is 4.21. The Morgan fingerprint density at radius 2 is 1.66 bits per heavy atom. The van der Waals surface area contributed by atoms with Crippen molar-refractivity contribution in [3.05, 3.63) is 52.0 Å². The van der Waals surface area contributed by atoms with Gasteiger partial charge in [-0.1, -0.05) is 12.1 Å². The number of aliphatic hydroxyl groups is 4. The molecule has 0 bridgehead atoms. The van der Waals surface area contributed by atoms with Crippen LogP contribution in [0.1, 0.15) is 28.5 Å². The maximum Gasteiger partial charge on any atom is 0.284 e. The maximum absolute atomic E-state index is 12.2. The van der Waals surface area contributed by atoms with Gasteiger partial charge >= 0.3 is 0 Å². The van der Waals surface area contributed by atoms with Crippen molar-refractivity contribution in [3.63, 3.8) is 0 Å². The number of methoxy groups -OCH3 is 1. The fraction of sp³-hybridized carbons (Fsp3) is 0.304. The smallest absolute Gasteiger partial charge is 0.284 e. The molecule has 206 valence electrons. The van der Waals surface area contributed by atoms with Crippen molar-refractivity contribution in [3.8, 4) is 23.0 Å². The molecule has 3 aromatic rings. The van der Waals surface area contributed by atoms with Crippen molar-refractivity contribution in [1.82, 2.24) is 10.3 Å². The number of hydrogen-bond acceptors (Lipinski definition) is 14. The van der Waals surface area contributed by atoms with Gasteiger partial charge in [-0.3, -0.25) is 10.1 Å². The van der Waals surface area contributed by atoms with Crippen LogP contribution in [0.25, 0.3) is 0 Å². The van der Waals surface area contributed by atoms with Gasteiger partial charge in [0.2, 0.25) is 17.4 Å². The van der Waals surface area contributed by atoms with Crippen LogP contribution in [0.15, 0.2) is 29.6 Å². The molecule has 0 spiro atoms. The Hall–Kier alpha value is -3.70. The number of nitrogens with one attached hydrogen (secondary N) is 2. The Kier molecular flexibility index (Phi) is 8.33. The first-order chi connectivity index (χ1) is 17.7. The van der Waals surface area contributed by atoms with Crippen molar-refractivity contribution in [1.29, 1.82) is 0 Å². The first-order valence-electron chi connectivity index (χ1n) is 10.9. The van der Waals surface area contributed by atoms with Crippen LogP contribution in [-0.4, -0.2) is 71.3 Å². The molecule has 12 N–H and O–H groups in total. The number of aromatic hydroxyl groups is 4. The molecule has 0 saturated carbocycles. The summed E-state index contributed by atoms with van der Waals surface area (Å²) in [5.74, 6) is -10.6. The summed E-state index contributed by atoms with van der Waals surface area (Å²) >= 11 is 1.19. The van der Waals surface area contributed by atoms with Crippen LogP contribution in [0, 0.1) is 6.92 Å². The summed E-state index contributed by atoms with van der Waals surface area (Å²) in [6.45, 7) is 0.718. The number of ether oxygens (including phenoxy) is 1. The number of nitrogens with two attached hydrogens (primary N) is 1. The van der Waals surface area contributed by atoms with E-state index in [9.17, 15) is 45.6 Å². The Labute approximate surface area is 219 Å². The minimum absolute atomic E-state index is 0.0357. The minimum Gasteiger partial charge on any atom is -0.504 e. The molecular weight excluding hydrogens is 524 g/mol. The largest absolute Gasteiger partial charge is 0.504 e. The van der Waals surface area contributed by atoms with E-state index in [1.807, 2.05) is 0 Å². The molecule has 0 aliphatic heterocycles. The van der Waals surface area contributed by atoms with Crippen molar-refractivity contribution in [2.45, 2.75) is 31.1 Å². The third kappa shape index (κ3) is 5.73. The highest BCUT2D eigenvalue weighted by Crippen LogP contribution is 2.49. The molecular formula is C23H28N4O10S. The monoisotopic (exact) mass is 552 g/mol. The number of carbonyl (C=O) groups excluding carboxylic acids is 1.